The normalized spacial score (nSPS) is 37.4. The number of carbonyl (C=O) groups excluding carboxylic acids is 3. The van der Waals surface area contributed by atoms with Gasteiger partial charge in [0.1, 0.15) is 6.04 Å². The van der Waals surface area contributed by atoms with E-state index in [-0.39, 0.29) is 18.8 Å². The van der Waals surface area contributed by atoms with Crippen molar-refractivity contribution in [2.75, 3.05) is 0 Å². The van der Waals surface area contributed by atoms with Gasteiger partial charge in [-0.15, -0.1) is 0 Å². The molecule has 5 nitrogen and oxygen atoms in total. The molecule has 1 aliphatic heterocycles. The SMILES string of the molecule is O=C1CCC(NC(=O)[C@H]2C3CCC(CC3)[C@@H]2C(F)(F)F)C(=O)N1. The van der Waals surface area contributed by atoms with Crippen molar-refractivity contribution in [1.82, 2.24) is 10.6 Å². The number of piperidine rings is 1. The maximum Gasteiger partial charge on any atom is 0.392 e. The summed E-state index contributed by atoms with van der Waals surface area (Å²) in [6.45, 7) is 0. The van der Waals surface area contributed by atoms with Crippen LogP contribution in [0, 0.1) is 23.7 Å². The van der Waals surface area contributed by atoms with Crippen LogP contribution in [0.3, 0.4) is 0 Å². The number of carbonyl (C=O) groups is 3. The Morgan fingerprint density at radius 1 is 1.04 bits per heavy atom. The highest BCUT2D eigenvalue weighted by atomic mass is 19.4. The number of nitrogens with one attached hydrogen (secondary N) is 2. The number of rotatable bonds is 2. The molecular weight excluding hydrogens is 313 g/mol. The first-order chi connectivity index (χ1) is 10.8. The van der Waals surface area contributed by atoms with Gasteiger partial charge in [-0.05, 0) is 43.9 Å². The molecule has 3 amide bonds. The summed E-state index contributed by atoms with van der Waals surface area (Å²) in [6, 6.07) is -0.922. The topological polar surface area (TPSA) is 75.3 Å². The molecule has 2 N–H and O–H groups in total. The Labute approximate surface area is 131 Å². The van der Waals surface area contributed by atoms with Crippen molar-refractivity contribution < 1.29 is 27.6 Å². The predicted octanol–water partition coefficient (Wildman–Crippen LogP) is 1.52. The summed E-state index contributed by atoms with van der Waals surface area (Å²) in [5.74, 6) is -5.28. The second-order valence-electron chi connectivity index (χ2n) is 6.78. The van der Waals surface area contributed by atoms with Crippen molar-refractivity contribution in [1.29, 1.82) is 0 Å². The molecule has 0 spiro atoms. The van der Waals surface area contributed by atoms with Crippen LogP contribution < -0.4 is 10.6 Å². The molecule has 1 unspecified atom stereocenters. The molecule has 128 valence electrons. The van der Waals surface area contributed by atoms with Crippen LogP contribution in [-0.4, -0.2) is 29.9 Å². The van der Waals surface area contributed by atoms with Gasteiger partial charge in [0.05, 0.1) is 11.8 Å². The standard InChI is InChI=1S/C15H19F3N2O3/c16-15(17,18)12-8-3-1-7(2-4-8)11(12)14(23)19-9-5-6-10(21)20-13(9)22/h7-9,11-12H,1-6H2,(H,19,23)(H,20,21,22)/t7?,8?,9?,11-,12-/m0/s1. The van der Waals surface area contributed by atoms with E-state index in [4.69, 9.17) is 0 Å². The molecule has 3 atom stereocenters. The maximum absolute atomic E-state index is 13.4. The van der Waals surface area contributed by atoms with Gasteiger partial charge in [0, 0.05) is 6.42 Å². The van der Waals surface area contributed by atoms with Crippen LogP contribution in [0.1, 0.15) is 38.5 Å². The fourth-order valence-electron chi connectivity index (χ4n) is 4.40. The maximum atomic E-state index is 13.4. The smallest absolute Gasteiger partial charge is 0.344 e. The van der Waals surface area contributed by atoms with E-state index in [1.54, 1.807) is 0 Å². The molecule has 3 saturated carbocycles. The van der Waals surface area contributed by atoms with E-state index < -0.39 is 47.7 Å². The zero-order valence-corrected chi connectivity index (χ0v) is 12.5. The zero-order valence-electron chi connectivity index (χ0n) is 12.5. The Morgan fingerprint density at radius 2 is 1.65 bits per heavy atom. The van der Waals surface area contributed by atoms with Crippen LogP contribution >= 0.6 is 0 Å². The van der Waals surface area contributed by atoms with Gasteiger partial charge < -0.3 is 5.32 Å². The first-order valence-corrected chi connectivity index (χ1v) is 7.98. The summed E-state index contributed by atoms with van der Waals surface area (Å²) >= 11 is 0. The predicted molar refractivity (Wildman–Crippen MR) is 72.8 cm³/mol. The first kappa shape index (κ1) is 16.3. The van der Waals surface area contributed by atoms with E-state index in [1.165, 1.54) is 0 Å². The average molecular weight is 332 g/mol. The Kier molecular flexibility index (Phi) is 4.10. The lowest BCUT2D eigenvalue weighted by molar-refractivity contribution is -0.229. The van der Waals surface area contributed by atoms with E-state index in [0.29, 0.717) is 25.7 Å². The quantitative estimate of drug-likeness (QED) is 0.753. The van der Waals surface area contributed by atoms with Crippen molar-refractivity contribution in [2.24, 2.45) is 23.7 Å². The summed E-state index contributed by atoms with van der Waals surface area (Å²) in [5, 5.41) is 4.54. The highest BCUT2D eigenvalue weighted by molar-refractivity contribution is 6.01. The Balaban J connectivity index is 1.74. The van der Waals surface area contributed by atoms with E-state index >= 15 is 0 Å². The van der Waals surface area contributed by atoms with Crippen LogP contribution in [0.2, 0.25) is 0 Å². The van der Waals surface area contributed by atoms with Gasteiger partial charge in [0.15, 0.2) is 0 Å². The molecule has 2 bridgehead atoms. The average Bonchev–Trinajstić information content (AvgIpc) is 2.49. The second kappa shape index (κ2) is 5.79. The van der Waals surface area contributed by atoms with Crippen molar-refractivity contribution >= 4 is 17.7 Å². The number of alkyl halides is 3. The summed E-state index contributed by atoms with van der Waals surface area (Å²) in [7, 11) is 0. The molecule has 4 aliphatic rings. The van der Waals surface area contributed by atoms with Crippen LogP contribution in [0.25, 0.3) is 0 Å². The Morgan fingerprint density at radius 3 is 2.22 bits per heavy atom. The molecular formula is C15H19F3N2O3. The van der Waals surface area contributed by atoms with Crippen molar-refractivity contribution in [3.05, 3.63) is 0 Å². The molecule has 3 aliphatic carbocycles. The summed E-state index contributed by atoms with van der Waals surface area (Å²) in [6.07, 6.45) is -1.91. The monoisotopic (exact) mass is 332 g/mol. The molecule has 0 radical (unpaired) electrons. The first-order valence-electron chi connectivity index (χ1n) is 7.98. The van der Waals surface area contributed by atoms with Crippen molar-refractivity contribution in [3.63, 3.8) is 0 Å². The van der Waals surface area contributed by atoms with Crippen molar-refractivity contribution in [3.8, 4) is 0 Å². The third-order valence-electron chi connectivity index (χ3n) is 5.46. The number of amides is 3. The van der Waals surface area contributed by atoms with E-state index in [9.17, 15) is 27.6 Å². The molecule has 0 aromatic rings. The molecule has 1 heterocycles. The number of imide groups is 1. The van der Waals surface area contributed by atoms with Crippen LogP contribution in [0.15, 0.2) is 0 Å². The van der Waals surface area contributed by atoms with Gasteiger partial charge in [-0.25, -0.2) is 0 Å². The minimum Gasteiger partial charge on any atom is -0.344 e. The fourth-order valence-corrected chi connectivity index (χ4v) is 4.40. The number of fused-ring (bicyclic) bond motifs is 3. The third-order valence-corrected chi connectivity index (χ3v) is 5.46. The molecule has 0 aromatic carbocycles. The largest absolute Gasteiger partial charge is 0.392 e. The molecule has 1 saturated heterocycles. The van der Waals surface area contributed by atoms with Crippen molar-refractivity contribution in [2.45, 2.75) is 50.7 Å². The van der Waals surface area contributed by atoms with Gasteiger partial charge in [0.25, 0.3) is 0 Å². The van der Waals surface area contributed by atoms with Gasteiger partial charge in [-0.3, -0.25) is 19.7 Å². The van der Waals surface area contributed by atoms with E-state index in [0.717, 1.165) is 0 Å². The lowest BCUT2D eigenvalue weighted by Gasteiger charge is -2.48. The van der Waals surface area contributed by atoms with Gasteiger partial charge in [-0.1, -0.05) is 0 Å². The van der Waals surface area contributed by atoms with Crippen LogP contribution in [0.4, 0.5) is 13.2 Å². The molecule has 4 fully saturated rings. The van der Waals surface area contributed by atoms with Gasteiger partial charge in [-0.2, -0.15) is 13.2 Å². The molecule has 8 heteroatoms. The second-order valence-corrected chi connectivity index (χ2v) is 6.78. The fraction of sp³-hybridized carbons (Fsp3) is 0.800. The minimum absolute atomic E-state index is 0.0795. The zero-order chi connectivity index (χ0) is 16.8. The number of halogens is 3. The van der Waals surface area contributed by atoms with E-state index in [1.807, 2.05) is 0 Å². The number of hydrogen-bond donors (Lipinski definition) is 2. The Bertz CT molecular complexity index is 527. The Hall–Kier alpha value is -1.60. The third kappa shape index (κ3) is 3.07. The summed E-state index contributed by atoms with van der Waals surface area (Å²) in [5.41, 5.74) is 0. The van der Waals surface area contributed by atoms with Crippen LogP contribution in [-0.2, 0) is 14.4 Å². The van der Waals surface area contributed by atoms with Crippen LogP contribution in [0.5, 0.6) is 0 Å². The minimum atomic E-state index is -4.41. The number of hydrogen-bond acceptors (Lipinski definition) is 3. The lowest BCUT2D eigenvalue weighted by Crippen LogP contribution is -2.58. The molecule has 23 heavy (non-hydrogen) atoms. The summed E-state index contributed by atoms with van der Waals surface area (Å²) in [4.78, 5) is 35.3. The van der Waals surface area contributed by atoms with Gasteiger partial charge >= 0.3 is 6.18 Å². The highest BCUT2D eigenvalue weighted by Gasteiger charge is 2.58. The molecule has 0 aromatic heterocycles. The summed E-state index contributed by atoms with van der Waals surface area (Å²) < 4.78 is 40.2. The highest BCUT2D eigenvalue weighted by Crippen LogP contribution is 2.54. The van der Waals surface area contributed by atoms with E-state index in [2.05, 4.69) is 10.6 Å². The molecule has 4 rings (SSSR count). The van der Waals surface area contributed by atoms with Gasteiger partial charge in [0.2, 0.25) is 17.7 Å². The lowest BCUT2D eigenvalue weighted by atomic mass is 9.58.